The van der Waals surface area contributed by atoms with Gasteiger partial charge in [0.2, 0.25) is 17.7 Å². The predicted molar refractivity (Wildman–Crippen MR) is 96.2 cm³/mol. The summed E-state index contributed by atoms with van der Waals surface area (Å²) in [7, 11) is 1.77. The summed E-state index contributed by atoms with van der Waals surface area (Å²) in [6, 6.07) is 5.63. The minimum absolute atomic E-state index is 0.0136. The van der Waals surface area contributed by atoms with E-state index in [9.17, 15) is 13.6 Å². The number of rotatable bonds is 4. The first-order chi connectivity index (χ1) is 13.5. The van der Waals surface area contributed by atoms with E-state index < -0.39 is 17.5 Å². The Morgan fingerprint density at radius 2 is 1.93 bits per heavy atom. The Morgan fingerprint density at radius 3 is 2.64 bits per heavy atom. The van der Waals surface area contributed by atoms with Gasteiger partial charge in [-0.2, -0.15) is 14.5 Å². The molecule has 8 nitrogen and oxygen atoms in total. The number of ether oxygens (including phenoxy) is 1. The normalized spacial score (nSPS) is 14.5. The van der Waals surface area contributed by atoms with Gasteiger partial charge >= 0.3 is 0 Å². The fourth-order valence-electron chi connectivity index (χ4n) is 2.86. The Bertz CT molecular complexity index is 1020. The molecule has 0 saturated carbocycles. The van der Waals surface area contributed by atoms with Crippen LogP contribution in [0.25, 0.3) is 0 Å². The summed E-state index contributed by atoms with van der Waals surface area (Å²) in [4.78, 5) is 23.7. The standard InChI is InChI=1S/C18H16F2N6O2/c1-24-10-12(8-22-24)26-7-6-25(11-16(26)27)18-21-9-14(20)17(23-18)28-15-5-3-2-4-13(15)19/h2-5,8-10H,6-7,11H2,1H3. The van der Waals surface area contributed by atoms with Crippen LogP contribution in [0.5, 0.6) is 11.6 Å². The summed E-state index contributed by atoms with van der Waals surface area (Å²) in [5.74, 6) is -2.05. The van der Waals surface area contributed by atoms with Gasteiger partial charge in [0.15, 0.2) is 11.6 Å². The average Bonchev–Trinajstić information content (AvgIpc) is 3.11. The van der Waals surface area contributed by atoms with Crippen LogP contribution in [0.1, 0.15) is 0 Å². The van der Waals surface area contributed by atoms with Crippen LogP contribution >= 0.6 is 0 Å². The van der Waals surface area contributed by atoms with Crippen LogP contribution in [0.4, 0.5) is 20.4 Å². The number of benzene rings is 1. The molecular weight excluding hydrogens is 370 g/mol. The van der Waals surface area contributed by atoms with E-state index >= 15 is 0 Å². The molecule has 0 bridgehead atoms. The largest absolute Gasteiger partial charge is 0.433 e. The van der Waals surface area contributed by atoms with E-state index in [2.05, 4.69) is 15.1 Å². The number of anilines is 2. The quantitative estimate of drug-likeness (QED) is 0.684. The minimum atomic E-state index is -0.827. The van der Waals surface area contributed by atoms with Crippen LogP contribution in [-0.4, -0.2) is 45.3 Å². The molecule has 0 spiro atoms. The number of carbonyl (C=O) groups is 1. The smallest absolute Gasteiger partial charge is 0.260 e. The molecule has 28 heavy (non-hydrogen) atoms. The van der Waals surface area contributed by atoms with Crippen LogP contribution in [-0.2, 0) is 11.8 Å². The summed E-state index contributed by atoms with van der Waals surface area (Å²) in [6.07, 6.45) is 4.31. The molecule has 144 valence electrons. The number of halogens is 2. The molecule has 1 aliphatic heterocycles. The molecule has 0 radical (unpaired) electrons. The molecular formula is C18H16F2N6O2. The van der Waals surface area contributed by atoms with Gasteiger partial charge in [0.05, 0.1) is 18.1 Å². The van der Waals surface area contributed by atoms with E-state index in [0.29, 0.717) is 18.8 Å². The lowest BCUT2D eigenvalue weighted by atomic mass is 10.3. The van der Waals surface area contributed by atoms with E-state index in [1.165, 1.54) is 18.2 Å². The second kappa shape index (κ2) is 7.22. The Balaban J connectivity index is 1.52. The SMILES string of the molecule is Cn1cc(N2CCN(c3ncc(F)c(Oc4ccccc4F)n3)CC2=O)cn1. The molecule has 4 rings (SSSR count). The Labute approximate surface area is 159 Å². The predicted octanol–water partition coefficient (Wildman–Crippen LogP) is 2.13. The molecule has 3 heterocycles. The fourth-order valence-corrected chi connectivity index (χ4v) is 2.86. The van der Waals surface area contributed by atoms with Gasteiger partial charge in [-0.15, -0.1) is 0 Å². The van der Waals surface area contributed by atoms with Crippen LogP contribution in [0.3, 0.4) is 0 Å². The van der Waals surface area contributed by atoms with E-state index in [4.69, 9.17) is 4.74 Å². The fraction of sp³-hybridized carbons (Fsp3) is 0.222. The molecule has 3 aromatic rings. The molecule has 0 unspecified atom stereocenters. The van der Waals surface area contributed by atoms with E-state index in [0.717, 1.165) is 6.20 Å². The lowest BCUT2D eigenvalue weighted by molar-refractivity contribution is -0.117. The van der Waals surface area contributed by atoms with Gasteiger partial charge in [-0.05, 0) is 12.1 Å². The van der Waals surface area contributed by atoms with Crippen molar-refractivity contribution in [2.24, 2.45) is 7.05 Å². The Morgan fingerprint density at radius 1 is 1.11 bits per heavy atom. The average molecular weight is 386 g/mol. The second-order valence-electron chi connectivity index (χ2n) is 6.19. The third-order valence-electron chi connectivity index (χ3n) is 4.25. The number of piperazine rings is 1. The maximum atomic E-state index is 14.0. The minimum Gasteiger partial charge on any atom is -0.433 e. The van der Waals surface area contributed by atoms with Gasteiger partial charge in [0.1, 0.15) is 6.54 Å². The van der Waals surface area contributed by atoms with Gasteiger partial charge in [0.25, 0.3) is 5.88 Å². The molecule has 2 aromatic heterocycles. The lowest BCUT2D eigenvalue weighted by Gasteiger charge is -2.33. The van der Waals surface area contributed by atoms with Gasteiger partial charge in [-0.3, -0.25) is 9.48 Å². The highest BCUT2D eigenvalue weighted by molar-refractivity contribution is 5.97. The van der Waals surface area contributed by atoms with Crippen LogP contribution in [0, 0.1) is 11.6 Å². The zero-order valence-electron chi connectivity index (χ0n) is 14.9. The van der Waals surface area contributed by atoms with Crippen LogP contribution < -0.4 is 14.5 Å². The summed E-state index contributed by atoms with van der Waals surface area (Å²) >= 11 is 0. The maximum absolute atomic E-state index is 14.0. The number of para-hydroxylation sites is 1. The molecule has 0 N–H and O–H groups in total. The van der Waals surface area contributed by atoms with E-state index in [1.807, 2.05) is 0 Å². The molecule has 1 amide bonds. The summed E-state index contributed by atoms with van der Waals surface area (Å²) in [6.45, 7) is 0.847. The van der Waals surface area contributed by atoms with Crippen LogP contribution in [0.15, 0.2) is 42.9 Å². The number of amides is 1. The van der Waals surface area contributed by atoms with Crippen molar-refractivity contribution in [1.82, 2.24) is 19.7 Å². The van der Waals surface area contributed by atoms with Crippen molar-refractivity contribution < 1.29 is 18.3 Å². The Hall–Kier alpha value is -3.56. The number of aryl methyl sites for hydroxylation is 1. The van der Waals surface area contributed by atoms with Crippen LogP contribution in [0.2, 0.25) is 0 Å². The van der Waals surface area contributed by atoms with Crippen molar-refractivity contribution in [2.45, 2.75) is 0 Å². The zero-order chi connectivity index (χ0) is 19.7. The topological polar surface area (TPSA) is 76.4 Å². The third kappa shape index (κ3) is 3.48. The van der Waals surface area contributed by atoms with Crippen molar-refractivity contribution in [3.8, 4) is 11.6 Å². The molecule has 1 saturated heterocycles. The molecule has 0 aliphatic carbocycles. The van der Waals surface area contributed by atoms with Gasteiger partial charge in [-0.1, -0.05) is 12.1 Å². The van der Waals surface area contributed by atoms with Gasteiger partial charge in [0, 0.05) is 26.3 Å². The zero-order valence-corrected chi connectivity index (χ0v) is 14.9. The Kier molecular flexibility index (Phi) is 4.60. The van der Waals surface area contributed by atoms with Gasteiger partial charge < -0.3 is 14.5 Å². The molecule has 1 aliphatic rings. The number of aromatic nitrogens is 4. The lowest BCUT2D eigenvalue weighted by Crippen LogP contribution is -2.51. The van der Waals surface area contributed by atoms with Gasteiger partial charge in [-0.25, -0.2) is 9.37 Å². The monoisotopic (exact) mass is 386 g/mol. The number of hydrogen-bond donors (Lipinski definition) is 0. The van der Waals surface area contributed by atoms with Crippen molar-refractivity contribution in [2.75, 3.05) is 29.4 Å². The molecule has 0 atom stereocenters. The van der Waals surface area contributed by atoms with Crippen molar-refractivity contribution in [3.63, 3.8) is 0 Å². The van der Waals surface area contributed by atoms with Crippen molar-refractivity contribution >= 4 is 17.5 Å². The first-order valence-electron chi connectivity index (χ1n) is 8.50. The maximum Gasteiger partial charge on any atom is 0.260 e. The number of nitrogens with zero attached hydrogens (tertiary/aromatic N) is 6. The third-order valence-corrected chi connectivity index (χ3v) is 4.25. The molecule has 1 fully saturated rings. The number of hydrogen-bond acceptors (Lipinski definition) is 6. The second-order valence-corrected chi connectivity index (χ2v) is 6.19. The molecule has 1 aromatic carbocycles. The van der Waals surface area contributed by atoms with Crippen molar-refractivity contribution in [1.29, 1.82) is 0 Å². The molecule has 10 heteroatoms. The first-order valence-corrected chi connectivity index (χ1v) is 8.50. The van der Waals surface area contributed by atoms with Crippen molar-refractivity contribution in [3.05, 3.63) is 54.5 Å². The highest BCUT2D eigenvalue weighted by Gasteiger charge is 2.28. The summed E-state index contributed by atoms with van der Waals surface area (Å²) in [5.41, 5.74) is 0.704. The summed E-state index contributed by atoms with van der Waals surface area (Å²) in [5, 5.41) is 4.07. The highest BCUT2D eigenvalue weighted by atomic mass is 19.1. The van der Waals surface area contributed by atoms with E-state index in [-0.39, 0.29) is 24.1 Å². The van der Waals surface area contributed by atoms with E-state index in [1.54, 1.807) is 40.0 Å². The summed E-state index contributed by atoms with van der Waals surface area (Å²) < 4.78 is 34.7. The first kappa shape index (κ1) is 17.8. The number of carbonyl (C=O) groups excluding carboxylic acids is 1. The highest BCUT2D eigenvalue weighted by Crippen LogP contribution is 2.26.